The molecule has 0 aliphatic carbocycles. The van der Waals surface area contributed by atoms with E-state index in [1.165, 1.54) is 25.3 Å². The molecule has 2 N–H and O–H groups in total. The number of anilines is 1. The average Bonchev–Trinajstić information content (AvgIpc) is 2.53. The summed E-state index contributed by atoms with van der Waals surface area (Å²) in [7, 11) is -2.73. The monoisotopic (exact) mass is 373 g/mol. The van der Waals surface area contributed by atoms with Crippen molar-refractivity contribution >= 4 is 21.5 Å². The van der Waals surface area contributed by atoms with Gasteiger partial charge in [0.15, 0.2) is 9.84 Å². The largest absolute Gasteiger partial charge is 0.465 e. The van der Waals surface area contributed by atoms with E-state index in [1.54, 1.807) is 0 Å². The normalized spacial score (nSPS) is 12.0. The zero-order valence-corrected chi connectivity index (χ0v) is 13.8. The Morgan fingerprint density at radius 1 is 1.12 bits per heavy atom. The Labute approximate surface area is 142 Å². The number of sulfone groups is 1. The molecule has 0 aromatic heterocycles. The molecule has 0 radical (unpaired) electrons. The molecule has 0 spiro atoms. The topological polar surface area (TPSA) is 86.5 Å². The highest BCUT2D eigenvalue weighted by molar-refractivity contribution is 7.90. The Kier molecular flexibility index (Phi) is 5.07. The number of halogens is 3. The van der Waals surface area contributed by atoms with Gasteiger partial charge in [0, 0.05) is 0 Å². The summed E-state index contributed by atoms with van der Waals surface area (Å²) >= 11 is 0. The van der Waals surface area contributed by atoms with Crippen molar-refractivity contribution < 1.29 is 31.1 Å². The van der Waals surface area contributed by atoms with Crippen molar-refractivity contribution in [1.29, 1.82) is 0 Å². The van der Waals surface area contributed by atoms with Crippen molar-refractivity contribution in [3.63, 3.8) is 0 Å². The first-order valence-corrected chi connectivity index (χ1v) is 8.56. The number of esters is 1. The van der Waals surface area contributed by atoms with E-state index in [4.69, 9.17) is 5.73 Å². The Balaban J connectivity index is 2.29. The second-order valence-electron chi connectivity index (χ2n) is 5.20. The van der Waals surface area contributed by atoms with Gasteiger partial charge in [-0.3, -0.25) is 0 Å². The van der Waals surface area contributed by atoms with Crippen LogP contribution in [0.1, 0.15) is 21.5 Å². The lowest BCUT2D eigenvalue weighted by Crippen LogP contribution is -2.10. The molecule has 2 aromatic rings. The molecule has 0 aliphatic rings. The summed E-state index contributed by atoms with van der Waals surface area (Å²) in [5.41, 5.74) is 4.97. The molecule has 0 saturated heterocycles. The van der Waals surface area contributed by atoms with Gasteiger partial charge in [0.25, 0.3) is 0 Å². The van der Waals surface area contributed by atoms with Crippen LogP contribution in [0, 0.1) is 0 Å². The number of hydrogen-bond donors (Lipinski definition) is 1. The van der Waals surface area contributed by atoms with E-state index >= 15 is 0 Å². The maximum Gasteiger partial charge on any atom is 0.416 e. The molecule has 0 amide bonds. The van der Waals surface area contributed by atoms with Gasteiger partial charge in [0.1, 0.15) is 0 Å². The predicted octanol–water partition coefficient (Wildman–Crippen LogP) is 3.05. The second-order valence-corrected chi connectivity index (χ2v) is 7.16. The Bertz CT molecular complexity index is 891. The lowest BCUT2D eigenvalue weighted by molar-refractivity contribution is -0.137. The minimum absolute atomic E-state index is 0.0912. The van der Waals surface area contributed by atoms with Crippen molar-refractivity contribution in [1.82, 2.24) is 0 Å². The first kappa shape index (κ1) is 18.8. The third-order valence-electron chi connectivity index (χ3n) is 3.40. The molecule has 2 aromatic carbocycles. The van der Waals surface area contributed by atoms with Crippen molar-refractivity contribution in [3.8, 4) is 0 Å². The molecule has 0 atom stereocenters. The highest BCUT2D eigenvalue weighted by Crippen LogP contribution is 2.30. The van der Waals surface area contributed by atoms with Crippen LogP contribution in [0.25, 0.3) is 0 Å². The van der Waals surface area contributed by atoms with Gasteiger partial charge in [-0.25, -0.2) is 13.2 Å². The van der Waals surface area contributed by atoms with Crippen LogP contribution in [0.2, 0.25) is 0 Å². The quantitative estimate of drug-likeness (QED) is 0.658. The highest BCUT2D eigenvalue weighted by atomic mass is 32.2. The number of benzene rings is 2. The van der Waals surface area contributed by atoms with E-state index in [2.05, 4.69) is 4.74 Å². The van der Waals surface area contributed by atoms with E-state index in [0.29, 0.717) is 0 Å². The van der Waals surface area contributed by atoms with E-state index in [0.717, 1.165) is 24.3 Å². The summed E-state index contributed by atoms with van der Waals surface area (Å²) in [6, 6.07) is 7.41. The average molecular weight is 373 g/mol. The summed E-state index contributed by atoms with van der Waals surface area (Å²) in [6.07, 6.45) is -4.49. The summed E-state index contributed by atoms with van der Waals surface area (Å²) in [6.45, 7) is 0. The highest BCUT2D eigenvalue weighted by Gasteiger charge is 2.30. The number of carbonyl (C=O) groups is 1. The summed E-state index contributed by atoms with van der Waals surface area (Å²) in [5.74, 6) is -1.19. The van der Waals surface area contributed by atoms with Crippen LogP contribution in [0.4, 0.5) is 18.9 Å². The molecule has 5 nitrogen and oxygen atoms in total. The molecular formula is C16H14F3NO4S. The third kappa shape index (κ3) is 4.30. The SMILES string of the molecule is COC(=O)c1ccc(S(=O)(=O)Cc2ccc(C(F)(F)F)cc2)c(N)c1. The third-order valence-corrected chi connectivity index (χ3v) is 5.16. The van der Waals surface area contributed by atoms with Gasteiger partial charge in [0.2, 0.25) is 0 Å². The van der Waals surface area contributed by atoms with E-state index in [9.17, 15) is 26.4 Å². The van der Waals surface area contributed by atoms with Gasteiger partial charge in [-0.05, 0) is 35.9 Å². The van der Waals surface area contributed by atoms with Crippen molar-refractivity contribution in [3.05, 3.63) is 59.2 Å². The van der Waals surface area contributed by atoms with E-state index in [-0.39, 0.29) is 21.7 Å². The Morgan fingerprint density at radius 3 is 2.20 bits per heavy atom. The number of rotatable bonds is 4. The van der Waals surface area contributed by atoms with Gasteiger partial charge in [-0.15, -0.1) is 0 Å². The fourth-order valence-corrected chi connectivity index (χ4v) is 3.64. The van der Waals surface area contributed by atoms with Gasteiger partial charge < -0.3 is 10.5 Å². The van der Waals surface area contributed by atoms with Crippen LogP contribution in [0.15, 0.2) is 47.4 Å². The lowest BCUT2D eigenvalue weighted by atomic mass is 10.1. The summed E-state index contributed by atoms with van der Waals surface area (Å²) in [4.78, 5) is 11.2. The maximum atomic E-state index is 12.5. The molecule has 0 fully saturated rings. The van der Waals surface area contributed by atoms with Crippen LogP contribution in [0.5, 0.6) is 0 Å². The summed E-state index contributed by atoms with van der Waals surface area (Å²) in [5, 5.41) is 0. The lowest BCUT2D eigenvalue weighted by Gasteiger charge is -2.10. The zero-order valence-electron chi connectivity index (χ0n) is 13.0. The van der Waals surface area contributed by atoms with Crippen LogP contribution in [-0.4, -0.2) is 21.5 Å². The number of alkyl halides is 3. The zero-order chi connectivity index (χ0) is 18.8. The number of ether oxygens (including phenoxy) is 1. The standard InChI is InChI=1S/C16H14F3NO4S/c1-24-15(21)11-4-7-14(13(20)8-11)25(22,23)9-10-2-5-12(6-3-10)16(17,18)19/h2-8H,9,20H2,1H3. The van der Waals surface area contributed by atoms with Gasteiger partial charge in [-0.1, -0.05) is 12.1 Å². The van der Waals surface area contributed by atoms with Crippen molar-refractivity contribution in [2.45, 2.75) is 16.8 Å². The number of nitrogen functional groups attached to an aromatic ring is 1. The van der Waals surface area contributed by atoms with E-state index < -0.39 is 33.3 Å². The smallest absolute Gasteiger partial charge is 0.416 e. The van der Waals surface area contributed by atoms with Crippen molar-refractivity contribution in [2.24, 2.45) is 0 Å². The molecule has 0 heterocycles. The summed E-state index contributed by atoms with van der Waals surface area (Å²) < 4.78 is 67.0. The molecule has 9 heteroatoms. The minimum atomic E-state index is -4.49. The Morgan fingerprint density at radius 2 is 1.72 bits per heavy atom. The molecular weight excluding hydrogens is 359 g/mol. The Hall–Kier alpha value is -2.55. The molecule has 0 aliphatic heterocycles. The first-order valence-electron chi connectivity index (χ1n) is 6.91. The molecule has 0 saturated carbocycles. The van der Waals surface area contributed by atoms with E-state index in [1.807, 2.05) is 0 Å². The van der Waals surface area contributed by atoms with Gasteiger partial charge in [-0.2, -0.15) is 13.2 Å². The van der Waals surface area contributed by atoms with Gasteiger partial charge >= 0.3 is 12.1 Å². The van der Waals surface area contributed by atoms with Crippen LogP contribution in [0.3, 0.4) is 0 Å². The number of hydrogen-bond acceptors (Lipinski definition) is 5. The molecule has 134 valence electrons. The molecule has 0 bridgehead atoms. The van der Waals surface area contributed by atoms with Gasteiger partial charge in [0.05, 0.1) is 34.6 Å². The van der Waals surface area contributed by atoms with Crippen LogP contribution < -0.4 is 5.73 Å². The maximum absolute atomic E-state index is 12.5. The fourth-order valence-electron chi connectivity index (χ4n) is 2.16. The fraction of sp³-hybridized carbons (Fsp3) is 0.188. The van der Waals surface area contributed by atoms with Crippen LogP contribution >= 0.6 is 0 Å². The number of carbonyl (C=O) groups excluding carboxylic acids is 1. The number of nitrogens with two attached hydrogens (primary N) is 1. The second kappa shape index (κ2) is 6.75. The molecule has 25 heavy (non-hydrogen) atoms. The predicted molar refractivity (Wildman–Crippen MR) is 84.5 cm³/mol. The first-order chi connectivity index (χ1) is 11.5. The number of methoxy groups -OCH3 is 1. The molecule has 0 unspecified atom stereocenters. The minimum Gasteiger partial charge on any atom is -0.465 e. The van der Waals surface area contributed by atoms with Crippen LogP contribution in [-0.2, 0) is 26.5 Å². The van der Waals surface area contributed by atoms with Crippen molar-refractivity contribution in [2.75, 3.05) is 12.8 Å². The molecule has 2 rings (SSSR count).